The summed E-state index contributed by atoms with van der Waals surface area (Å²) in [6, 6.07) is 6.81. The third-order valence-corrected chi connectivity index (χ3v) is 6.33. The summed E-state index contributed by atoms with van der Waals surface area (Å²) in [6.45, 7) is 9.51. The fourth-order valence-electron chi connectivity index (χ4n) is 4.28. The quantitative estimate of drug-likeness (QED) is 0.574. The lowest BCUT2D eigenvalue weighted by molar-refractivity contribution is -0.141. The van der Waals surface area contributed by atoms with E-state index in [2.05, 4.69) is 6.92 Å². The molecule has 6 heteroatoms. The van der Waals surface area contributed by atoms with Crippen LogP contribution in [0.25, 0.3) is 11.1 Å². The molecule has 3 rings (SSSR count). The van der Waals surface area contributed by atoms with Crippen molar-refractivity contribution >= 4 is 11.9 Å². The molecule has 0 bridgehead atoms. The summed E-state index contributed by atoms with van der Waals surface area (Å²) < 4.78 is 6.32. The van der Waals surface area contributed by atoms with Crippen LogP contribution in [0.2, 0.25) is 0 Å². The topological polar surface area (TPSA) is 87.1 Å². The number of nitrogens with zero attached hydrogens (tertiary/aromatic N) is 1. The molecule has 0 aromatic heterocycles. The fourth-order valence-corrected chi connectivity index (χ4v) is 4.28. The average Bonchev–Trinajstić information content (AvgIpc) is 2.71. The minimum Gasteiger partial charge on any atom is -0.506 e. The maximum absolute atomic E-state index is 13.4. The molecule has 1 atom stereocenters. The lowest BCUT2D eigenvalue weighted by Gasteiger charge is -2.36. The summed E-state index contributed by atoms with van der Waals surface area (Å²) >= 11 is 0. The van der Waals surface area contributed by atoms with Gasteiger partial charge in [0.25, 0.3) is 5.91 Å². The molecule has 0 saturated carbocycles. The first kappa shape index (κ1) is 23.6. The number of carbonyl (C=O) groups excluding carboxylic acids is 1. The zero-order valence-electron chi connectivity index (χ0n) is 19.8. The molecule has 32 heavy (non-hydrogen) atoms. The molecular formula is C26H33NO5. The number of carboxylic acids is 1. The minimum atomic E-state index is -1.10. The number of fused-ring (bicyclic) bond motifs is 3. The Morgan fingerprint density at radius 1 is 1.19 bits per heavy atom. The van der Waals surface area contributed by atoms with Gasteiger partial charge < -0.3 is 19.8 Å². The lowest BCUT2D eigenvalue weighted by atomic mass is 9.83. The number of carboxylic acid groups (broad SMARTS) is 1. The van der Waals surface area contributed by atoms with Crippen molar-refractivity contribution in [3.8, 4) is 22.6 Å². The number of phenols is 1. The molecule has 1 aliphatic heterocycles. The van der Waals surface area contributed by atoms with Crippen molar-refractivity contribution in [2.45, 2.75) is 71.9 Å². The molecule has 1 aliphatic rings. The van der Waals surface area contributed by atoms with Crippen LogP contribution in [0.15, 0.2) is 24.3 Å². The molecule has 2 aromatic carbocycles. The number of rotatable bonds is 7. The van der Waals surface area contributed by atoms with Crippen molar-refractivity contribution in [2.75, 3.05) is 7.05 Å². The Balaban J connectivity index is 2.24. The van der Waals surface area contributed by atoms with Gasteiger partial charge in [-0.1, -0.05) is 43.5 Å². The summed E-state index contributed by atoms with van der Waals surface area (Å²) in [4.78, 5) is 26.1. The van der Waals surface area contributed by atoms with Gasteiger partial charge in [0.2, 0.25) is 0 Å². The van der Waals surface area contributed by atoms with Crippen LogP contribution >= 0.6 is 0 Å². The molecule has 0 unspecified atom stereocenters. The van der Waals surface area contributed by atoms with Crippen LogP contribution in [0, 0.1) is 6.92 Å². The predicted octanol–water partition coefficient (Wildman–Crippen LogP) is 5.27. The summed E-state index contributed by atoms with van der Waals surface area (Å²) in [5.74, 6) is -1.21. The molecule has 2 N–H and O–H groups in total. The number of hydrogen-bond donors (Lipinski definition) is 2. The van der Waals surface area contributed by atoms with Crippen LogP contribution in [0.5, 0.6) is 11.5 Å². The van der Waals surface area contributed by atoms with Crippen molar-refractivity contribution in [1.29, 1.82) is 0 Å². The summed E-state index contributed by atoms with van der Waals surface area (Å²) in [5, 5.41) is 20.8. The Morgan fingerprint density at radius 2 is 1.88 bits per heavy atom. The summed E-state index contributed by atoms with van der Waals surface area (Å²) in [7, 11) is 1.45. The molecule has 2 aromatic rings. The smallest absolute Gasteiger partial charge is 0.326 e. The van der Waals surface area contributed by atoms with E-state index in [9.17, 15) is 19.8 Å². The highest BCUT2D eigenvalue weighted by molar-refractivity contribution is 6.03. The van der Waals surface area contributed by atoms with Gasteiger partial charge in [-0.25, -0.2) is 4.79 Å². The maximum Gasteiger partial charge on any atom is 0.326 e. The molecular weight excluding hydrogens is 406 g/mol. The van der Waals surface area contributed by atoms with E-state index < -0.39 is 23.5 Å². The van der Waals surface area contributed by atoms with E-state index in [1.54, 1.807) is 0 Å². The van der Waals surface area contributed by atoms with Crippen molar-refractivity contribution < 1.29 is 24.5 Å². The Morgan fingerprint density at radius 3 is 2.50 bits per heavy atom. The highest BCUT2D eigenvalue weighted by Crippen LogP contribution is 2.51. The molecule has 0 spiro atoms. The number of phenolic OH excluding ortho intramolecular Hbond substituents is 1. The average molecular weight is 440 g/mol. The highest BCUT2D eigenvalue weighted by Gasteiger charge is 2.37. The third kappa shape index (κ3) is 4.18. The number of aliphatic carboxylic acids is 1. The van der Waals surface area contributed by atoms with E-state index in [-0.39, 0.29) is 11.3 Å². The number of benzene rings is 2. The highest BCUT2D eigenvalue weighted by atomic mass is 16.5. The number of amides is 1. The second-order valence-electron chi connectivity index (χ2n) is 9.18. The number of unbranched alkanes of at least 4 members (excludes halogenated alkanes) is 2. The SMILES string of the molecule is CCCCCc1cc2c(c(O)c1C(=O)N(C)[C@@H](C)C(=O)O)-c1cc(C)ccc1C(C)(C)O2. The molecule has 1 heterocycles. The summed E-state index contributed by atoms with van der Waals surface area (Å²) in [6.07, 6.45) is 3.45. The fraction of sp³-hybridized carbons (Fsp3) is 0.462. The van der Waals surface area contributed by atoms with Gasteiger partial charge in [-0.2, -0.15) is 0 Å². The van der Waals surface area contributed by atoms with Gasteiger partial charge in [-0.15, -0.1) is 0 Å². The van der Waals surface area contributed by atoms with Gasteiger partial charge >= 0.3 is 5.97 Å². The largest absolute Gasteiger partial charge is 0.506 e. The number of carbonyl (C=O) groups is 2. The first-order valence-corrected chi connectivity index (χ1v) is 11.2. The van der Waals surface area contributed by atoms with Crippen LogP contribution in [0.1, 0.15) is 74.0 Å². The van der Waals surface area contributed by atoms with E-state index in [4.69, 9.17) is 4.74 Å². The summed E-state index contributed by atoms with van der Waals surface area (Å²) in [5.41, 5.74) is 3.52. The first-order chi connectivity index (χ1) is 15.0. The van der Waals surface area contributed by atoms with Gasteiger partial charge in [0.1, 0.15) is 23.1 Å². The van der Waals surface area contributed by atoms with E-state index in [1.807, 2.05) is 45.0 Å². The van der Waals surface area contributed by atoms with Gasteiger partial charge in [0.15, 0.2) is 0 Å². The monoisotopic (exact) mass is 439 g/mol. The molecule has 1 amide bonds. The Labute approximate surface area is 189 Å². The van der Waals surface area contributed by atoms with Crippen LogP contribution in [-0.4, -0.2) is 40.1 Å². The molecule has 0 fully saturated rings. The zero-order chi connectivity index (χ0) is 23.8. The molecule has 0 saturated heterocycles. The van der Waals surface area contributed by atoms with Gasteiger partial charge in [-0.05, 0) is 57.7 Å². The van der Waals surface area contributed by atoms with Gasteiger partial charge in [-0.3, -0.25) is 4.79 Å². The number of ether oxygens (including phenoxy) is 1. The second-order valence-corrected chi connectivity index (χ2v) is 9.18. The number of hydrogen-bond acceptors (Lipinski definition) is 4. The van der Waals surface area contributed by atoms with Crippen molar-refractivity contribution in [1.82, 2.24) is 4.90 Å². The van der Waals surface area contributed by atoms with E-state index in [0.29, 0.717) is 23.3 Å². The van der Waals surface area contributed by atoms with Crippen LogP contribution < -0.4 is 4.74 Å². The van der Waals surface area contributed by atoms with Crippen molar-refractivity contribution in [2.24, 2.45) is 0 Å². The second kappa shape index (κ2) is 8.85. The number of likely N-dealkylation sites (N-methyl/N-ethyl adjacent to an activating group) is 1. The normalized spacial score (nSPS) is 14.7. The van der Waals surface area contributed by atoms with Crippen molar-refractivity contribution in [3.05, 3.63) is 46.5 Å². The lowest BCUT2D eigenvalue weighted by Crippen LogP contribution is -2.40. The first-order valence-electron chi connectivity index (χ1n) is 11.2. The number of aromatic hydroxyl groups is 1. The van der Waals surface area contributed by atoms with Gasteiger partial charge in [0, 0.05) is 12.6 Å². The Bertz CT molecular complexity index is 1060. The van der Waals surface area contributed by atoms with Crippen molar-refractivity contribution in [3.63, 3.8) is 0 Å². The number of aryl methyl sites for hydroxylation is 2. The molecule has 6 nitrogen and oxygen atoms in total. The molecule has 0 aliphatic carbocycles. The zero-order valence-corrected chi connectivity index (χ0v) is 19.8. The van der Waals surface area contributed by atoms with E-state index in [0.717, 1.165) is 40.9 Å². The minimum absolute atomic E-state index is 0.147. The Kier molecular flexibility index (Phi) is 6.54. The maximum atomic E-state index is 13.4. The predicted molar refractivity (Wildman–Crippen MR) is 124 cm³/mol. The van der Waals surface area contributed by atoms with Gasteiger partial charge in [0.05, 0.1) is 11.1 Å². The Hall–Kier alpha value is -3.02. The van der Waals surface area contributed by atoms with Crippen LogP contribution in [0.3, 0.4) is 0 Å². The van der Waals surface area contributed by atoms with E-state index in [1.165, 1.54) is 14.0 Å². The molecule has 0 radical (unpaired) electrons. The van der Waals surface area contributed by atoms with Crippen LogP contribution in [0.4, 0.5) is 0 Å². The van der Waals surface area contributed by atoms with Crippen LogP contribution in [-0.2, 0) is 16.8 Å². The standard InChI is InChI=1S/C26H33NO5/c1-7-8-9-10-17-14-20-22(18-13-15(2)11-12-19(18)26(4,5)32-20)23(28)21(17)24(29)27(6)16(3)25(30)31/h11-14,16,28H,7-10H2,1-6H3,(H,30,31)/t16-/m0/s1. The third-order valence-electron chi connectivity index (χ3n) is 6.33. The molecule has 172 valence electrons. The van der Waals surface area contributed by atoms with E-state index >= 15 is 0 Å².